The molecule has 2 aromatic heterocycles. The van der Waals surface area contributed by atoms with Gasteiger partial charge in [0, 0.05) is 27.0 Å². The molecule has 214 valence electrons. The molecule has 0 bridgehead atoms. The minimum absolute atomic E-state index is 0.0642. The monoisotopic (exact) mass is 567 g/mol. The van der Waals surface area contributed by atoms with Gasteiger partial charge in [-0.05, 0) is 34.0 Å². The number of aromatic nitrogens is 3. The van der Waals surface area contributed by atoms with E-state index in [2.05, 4.69) is 15.3 Å². The summed E-state index contributed by atoms with van der Waals surface area (Å²) >= 11 is 1.23. The van der Waals surface area contributed by atoms with Crippen LogP contribution in [0, 0.1) is 0 Å². The van der Waals surface area contributed by atoms with E-state index in [4.69, 9.17) is 29.4 Å². The molecule has 14 nitrogen and oxygen atoms in total. The summed E-state index contributed by atoms with van der Waals surface area (Å²) in [5, 5.41) is 3.26. The van der Waals surface area contributed by atoms with Crippen molar-refractivity contribution in [2.45, 2.75) is 83.3 Å². The van der Waals surface area contributed by atoms with E-state index in [9.17, 15) is 19.2 Å². The maximum Gasteiger partial charge on any atom is 0.412 e. The fraction of sp³-hybridized carbons (Fsp3) is 0.583. The van der Waals surface area contributed by atoms with E-state index in [1.54, 1.807) is 27.0 Å². The summed E-state index contributed by atoms with van der Waals surface area (Å²) in [6.45, 7) is 9.98. The number of carbonyl (C=O) groups excluding carboxylic acids is 4. The Morgan fingerprint density at radius 2 is 1.82 bits per heavy atom. The Balaban J connectivity index is 2.22. The lowest BCUT2D eigenvalue weighted by Gasteiger charge is -2.34. The SMILES string of the molecule is CSc1nc(N)c2c(NC(=O)OC(C)(C)C)cn(C3O[C@H](COC(C)=O)[C@@H](OC(C)=O)C3(C)OC(C)=O)c2n1. The molecule has 1 saturated heterocycles. The Hall–Kier alpha value is -3.59. The van der Waals surface area contributed by atoms with Crippen LogP contribution in [0.25, 0.3) is 11.0 Å². The molecule has 15 heteroatoms. The number of hydrogen-bond acceptors (Lipinski definition) is 13. The lowest BCUT2D eigenvalue weighted by molar-refractivity contribution is -0.184. The van der Waals surface area contributed by atoms with Crippen LogP contribution < -0.4 is 11.1 Å². The number of nitrogen functional groups attached to an aromatic ring is 1. The molecule has 0 saturated carbocycles. The number of carbonyl (C=O) groups is 4. The summed E-state index contributed by atoms with van der Waals surface area (Å²) in [5.74, 6) is -1.87. The van der Waals surface area contributed by atoms with Crippen molar-refractivity contribution in [1.82, 2.24) is 14.5 Å². The number of ether oxygens (including phenoxy) is 5. The molecule has 2 unspecified atom stereocenters. The van der Waals surface area contributed by atoms with Crippen LogP contribution in [0.1, 0.15) is 54.7 Å². The van der Waals surface area contributed by atoms with Gasteiger partial charge in [-0.2, -0.15) is 0 Å². The predicted molar refractivity (Wildman–Crippen MR) is 140 cm³/mol. The van der Waals surface area contributed by atoms with E-state index in [1.807, 2.05) is 0 Å². The lowest BCUT2D eigenvalue weighted by atomic mass is 9.95. The zero-order chi connectivity index (χ0) is 29.3. The van der Waals surface area contributed by atoms with Crippen molar-refractivity contribution in [3.05, 3.63) is 6.20 Å². The molecular weight excluding hydrogens is 534 g/mol. The third-order valence-corrected chi connectivity index (χ3v) is 6.10. The smallest absolute Gasteiger partial charge is 0.412 e. The van der Waals surface area contributed by atoms with Crippen molar-refractivity contribution in [2.75, 3.05) is 23.9 Å². The van der Waals surface area contributed by atoms with Crippen LogP contribution in [0.2, 0.25) is 0 Å². The summed E-state index contributed by atoms with van der Waals surface area (Å²) in [7, 11) is 0. The zero-order valence-electron chi connectivity index (χ0n) is 23.0. The summed E-state index contributed by atoms with van der Waals surface area (Å²) in [5.41, 5.74) is 4.30. The average molecular weight is 568 g/mol. The van der Waals surface area contributed by atoms with E-state index in [1.165, 1.54) is 50.2 Å². The molecule has 3 heterocycles. The van der Waals surface area contributed by atoms with Crippen molar-refractivity contribution in [3.8, 4) is 0 Å². The number of nitrogens with two attached hydrogens (primary N) is 1. The van der Waals surface area contributed by atoms with Gasteiger partial charge in [-0.3, -0.25) is 24.3 Å². The molecule has 2 aromatic rings. The quantitative estimate of drug-likeness (QED) is 0.216. The standard InChI is InChI=1S/C24H33N5O9S/c1-11(30)34-10-15-17(35-12(2)31)24(7,37-13(3)32)20(36-15)29-9-14(26-22(33)38-23(4,5)6)16-18(25)27-21(39-8)28-19(16)29/h9,15,17,20H,10H2,1-8H3,(H,26,33)(H2,25,27,28)/t15-,17-,20?,24?/m1/s1. The van der Waals surface area contributed by atoms with Crippen molar-refractivity contribution >= 4 is 58.3 Å². The highest BCUT2D eigenvalue weighted by Crippen LogP contribution is 2.46. The molecular formula is C24H33N5O9S. The Morgan fingerprint density at radius 1 is 1.15 bits per heavy atom. The number of fused-ring (bicyclic) bond motifs is 1. The average Bonchev–Trinajstić information content (AvgIpc) is 3.25. The van der Waals surface area contributed by atoms with Crippen LogP contribution in [0.3, 0.4) is 0 Å². The second kappa shape index (κ2) is 11.3. The Labute approximate surface area is 229 Å². The van der Waals surface area contributed by atoms with E-state index < -0.39 is 53.6 Å². The van der Waals surface area contributed by atoms with Crippen molar-refractivity contribution < 1.29 is 42.9 Å². The van der Waals surface area contributed by atoms with Gasteiger partial charge >= 0.3 is 24.0 Å². The van der Waals surface area contributed by atoms with Crippen molar-refractivity contribution in [3.63, 3.8) is 0 Å². The summed E-state index contributed by atoms with van der Waals surface area (Å²) in [6, 6.07) is 0. The van der Waals surface area contributed by atoms with Gasteiger partial charge in [-0.15, -0.1) is 0 Å². The van der Waals surface area contributed by atoms with E-state index >= 15 is 0 Å². The van der Waals surface area contributed by atoms with Crippen LogP contribution in [-0.4, -0.2) is 74.8 Å². The Bertz CT molecular complexity index is 1290. The molecule has 4 atom stereocenters. The second-order valence-electron chi connectivity index (χ2n) is 10.0. The second-order valence-corrected chi connectivity index (χ2v) is 10.8. The van der Waals surface area contributed by atoms with Gasteiger partial charge in [0.15, 0.2) is 28.7 Å². The van der Waals surface area contributed by atoms with E-state index in [0.717, 1.165) is 0 Å². The number of amides is 1. The number of thioether (sulfide) groups is 1. The van der Waals surface area contributed by atoms with E-state index in [0.29, 0.717) is 5.16 Å². The number of esters is 3. The maximum absolute atomic E-state index is 12.6. The number of hydrogen-bond donors (Lipinski definition) is 2. The molecule has 39 heavy (non-hydrogen) atoms. The highest BCUT2D eigenvalue weighted by atomic mass is 32.2. The highest BCUT2D eigenvalue weighted by Gasteiger charge is 2.60. The predicted octanol–water partition coefficient (Wildman–Crippen LogP) is 2.80. The van der Waals surface area contributed by atoms with Gasteiger partial charge in [-0.25, -0.2) is 14.8 Å². The maximum atomic E-state index is 12.6. The number of anilines is 2. The molecule has 1 aliphatic rings. The van der Waals surface area contributed by atoms with Crippen LogP contribution >= 0.6 is 11.8 Å². The first-order chi connectivity index (χ1) is 18.1. The minimum atomic E-state index is -1.63. The zero-order valence-corrected chi connectivity index (χ0v) is 23.8. The van der Waals surface area contributed by atoms with Gasteiger partial charge in [0.2, 0.25) is 0 Å². The molecule has 3 rings (SSSR count). The highest BCUT2D eigenvalue weighted by molar-refractivity contribution is 7.98. The third-order valence-electron chi connectivity index (χ3n) is 5.55. The van der Waals surface area contributed by atoms with Crippen molar-refractivity contribution in [1.29, 1.82) is 0 Å². The largest absolute Gasteiger partial charge is 0.463 e. The van der Waals surface area contributed by atoms with Gasteiger partial charge in [0.1, 0.15) is 24.1 Å². The molecule has 1 fully saturated rings. The van der Waals surface area contributed by atoms with Gasteiger partial charge in [-0.1, -0.05) is 11.8 Å². The van der Waals surface area contributed by atoms with Crippen LogP contribution in [0.5, 0.6) is 0 Å². The first kappa shape index (κ1) is 30.0. The number of nitrogens with zero attached hydrogens (tertiary/aromatic N) is 3. The van der Waals surface area contributed by atoms with Gasteiger partial charge in [0.05, 0.1) is 11.1 Å². The van der Waals surface area contributed by atoms with Crippen LogP contribution in [-0.2, 0) is 38.1 Å². The topological polar surface area (TPSA) is 183 Å². The van der Waals surface area contributed by atoms with Crippen LogP contribution in [0.4, 0.5) is 16.3 Å². The molecule has 1 aliphatic heterocycles. The number of rotatable bonds is 7. The Kier molecular flexibility index (Phi) is 8.65. The molecule has 0 aromatic carbocycles. The van der Waals surface area contributed by atoms with Crippen molar-refractivity contribution in [2.24, 2.45) is 0 Å². The van der Waals surface area contributed by atoms with Gasteiger partial charge in [0.25, 0.3) is 0 Å². The number of nitrogens with one attached hydrogen (secondary N) is 1. The third kappa shape index (κ3) is 6.71. The fourth-order valence-electron chi connectivity index (χ4n) is 4.27. The minimum Gasteiger partial charge on any atom is -0.463 e. The molecule has 1 amide bonds. The summed E-state index contributed by atoms with van der Waals surface area (Å²) in [4.78, 5) is 57.3. The first-order valence-corrected chi connectivity index (χ1v) is 13.2. The van der Waals surface area contributed by atoms with Gasteiger partial charge < -0.3 is 29.4 Å². The summed E-state index contributed by atoms with van der Waals surface area (Å²) < 4.78 is 29.5. The van der Waals surface area contributed by atoms with E-state index in [-0.39, 0.29) is 29.1 Å². The first-order valence-electron chi connectivity index (χ1n) is 11.9. The molecule has 0 spiro atoms. The molecule has 3 N–H and O–H groups in total. The lowest BCUT2D eigenvalue weighted by Crippen LogP contribution is -2.50. The van der Waals surface area contributed by atoms with Crippen LogP contribution in [0.15, 0.2) is 11.4 Å². The normalized spacial score (nSPS) is 22.8. The fourth-order valence-corrected chi connectivity index (χ4v) is 4.64. The summed E-state index contributed by atoms with van der Waals surface area (Å²) in [6.07, 6.45) is -0.889. The Morgan fingerprint density at radius 3 is 2.36 bits per heavy atom. The molecule has 0 radical (unpaired) electrons. The molecule has 0 aliphatic carbocycles.